The molecule has 0 saturated heterocycles. The molecule has 1 saturated carbocycles. The van der Waals surface area contributed by atoms with Gasteiger partial charge in [-0.25, -0.2) is 0 Å². The average molecular weight is 297 g/mol. The predicted molar refractivity (Wildman–Crippen MR) is 71.8 cm³/mol. The number of aliphatic hydroxyl groups excluding tert-OH is 1. The van der Waals surface area contributed by atoms with Crippen molar-refractivity contribution in [1.29, 1.82) is 0 Å². The number of benzene rings is 1. The van der Waals surface area contributed by atoms with E-state index < -0.39 is 0 Å². The third kappa shape index (κ3) is 1.92. The fourth-order valence-electron chi connectivity index (χ4n) is 2.10. The van der Waals surface area contributed by atoms with Crippen LogP contribution in [-0.4, -0.2) is 5.11 Å². The van der Waals surface area contributed by atoms with Crippen molar-refractivity contribution in [1.82, 2.24) is 0 Å². The summed E-state index contributed by atoms with van der Waals surface area (Å²) in [6.45, 7) is 0. The van der Waals surface area contributed by atoms with Crippen LogP contribution in [0.2, 0.25) is 0 Å². The van der Waals surface area contributed by atoms with Gasteiger partial charge in [-0.1, -0.05) is 25.0 Å². The second kappa shape index (κ2) is 4.13. The zero-order valence-corrected chi connectivity index (χ0v) is 11.2. The molecule has 1 aliphatic rings. The molecule has 1 unspecified atom stereocenters. The molecule has 3 heteroatoms. The second-order valence-electron chi connectivity index (χ2n) is 4.50. The van der Waals surface area contributed by atoms with Crippen molar-refractivity contribution in [3.63, 3.8) is 0 Å². The Morgan fingerprint density at radius 1 is 1.44 bits per heavy atom. The minimum atomic E-state index is -0.282. The van der Waals surface area contributed by atoms with Crippen molar-refractivity contribution >= 4 is 37.4 Å². The van der Waals surface area contributed by atoms with Crippen molar-refractivity contribution in [2.24, 2.45) is 5.92 Å². The van der Waals surface area contributed by atoms with E-state index in [0.29, 0.717) is 0 Å². The van der Waals surface area contributed by atoms with Crippen molar-refractivity contribution in [2.75, 3.05) is 0 Å². The van der Waals surface area contributed by atoms with Gasteiger partial charge in [-0.3, -0.25) is 0 Å². The number of hydrogen-bond donors (Lipinski definition) is 1. The summed E-state index contributed by atoms with van der Waals surface area (Å²) in [5.74, 6) is 0.761. The molecule has 1 fully saturated rings. The SMILES string of the molecule is OC(CC1CC1)c1csc2c(Br)cccc12. The summed E-state index contributed by atoms with van der Waals surface area (Å²) >= 11 is 5.26. The summed E-state index contributed by atoms with van der Waals surface area (Å²) in [4.78, 5) is 0. The first kappa shape index (κ1) is 10.8. The van der Waals surface area contributed by atoms with E-state index in [1.165, 1.54) is 22.9 Å². The van der Waals surface area contributed by atoms with Crippen molar-refractivity contribution in [2.45, 2.75) is 25.4 Å². The fraction of sp³-hybridized carbons (Fsp3) is 0.385. The van der Waals surface area contributed by atoms with Gasteiger partial charge in [0, 0.05) is 9.17 Å². The molecular weight excluding hydrogens is 284 g/mol. The van der Waals surface area contributed by atoms with Crippen LogP contribution < -0.4 is 0 Å². The zero-order valence-electron chi connectivity index (χ0n) is 8.82. The van der Waals surface area contributed by atoms with E-state index in [4.69, 9.17) is 0 Å². The number of thiophene rings is 1. The van der Waals surface area contributed by atoms with Crippen LogP contribution in [0.25, 0.3) is 10.1 Å². The van der Waals surface area contributed by atoms with Crippen LogP contribution in [0.4, 0.5) is 0 Å². The molecule has 1 nitrogen and oxygen atoms in total. The molecule has 2 aromatic rings. The maximum Gasteiger partial charge on any atom is 0.0806 e. The number of halogens is 1. The number of fused-ring (bicyclic) bond motifs is 1. The molecule has 0 radical (unpaired) electrons. The normalized spacial score (nSPS) is 17.9. The summed E-state index contributed by atoms with van der Waals surface area (Å²) in [5, 5.41) is 13.5. The molecule has 1 heterocycles. The Hall–Kier alpha value is -0.380. The first-order valence-corrected chi connectivity index (χ1v) is 7.26. The highest BCUT2D eigenvalue weighted by molar-refractivity contribution is 9.10. The van der Waals surface area contributed by atoms with Crippen molar-refractivity contribution in [3.05, 3.63) is 33.6 Å². The summed E-state index contributed by atoms with van der Waals surface area (Å²) in [6.07, 6.45) is 3.24. The minimum Gasteiger partial charge on any atom is -0.388 e. The van der Waals surface area contributed by atoms with Gasteiger partial charge in [-0.05, 0) is 50.7 Å². The third-order valence-electron chi connectivity index (χ3n) is 3.19. The van der Waals surface area contributed by atoms with Gasteiger partial charge < -0.3 is 5.11 Å². The lowest BCUT2D eigenvalue weighted by Crippen LogP contribution is -1.97. The molecule has 1 atom stereocenters. The van der Waals surface area contributed by atoms with Gasteiger partial charge in [0.2, 0.25) is 0 Å². The molecule has 1 N–H and O–H groups in total. The van der Waals surface area contributed by atoms with Gasteiger partial charge >= 0.3 is 0 Å². The van der Waals surface area contributed by atoms with E-state index in [9.17, 15) is 5.11 Å². The van der Waals surface area contributed by atoms with Crippen LogP contribution in [0.15, 0.2) is 28.1 Å². The van der Waals surface area contributed by atoms with Gasteiger partial charge in [-0.2, -0.15) is 0 Å². The molecule has 0 bridgehead atoms. The zero-order chi connectivity index (χ0) is 11.1. The van der Waals surface area contributed by atoms with Crippen molar-refractivity contribution in [3.8, 4) is 0 Å². The lowest BCUT2D eigenvalue weighted by molar-refractivity contribution is 0.162. The van der Waals surface area contributed by atoms with E-state index in [1.54, 1.807) is 11.3 Å². The average Bonchev–Trinajstić information content (AvgIpc) is 2.96. The predicted octanol–water partition coefficient (Wildman–Crippen LogP) is 4.50. The van der Waals surface area contributed by atoms with Crippen molar-refractivity contribution < 1.29 is 5.11 Å². The molecule has 16 heavy (non-hydrogen) atoms. The van der Waals surface area contributed by atoms with Crippen LogP contribution in [-0.2, 0) is 0 Å². The molecule has 0 amide bonds. The Morgan fingerprint density at radius 2 is 2.25 bits per heavy atom. The molecular formula is C13H13BrOS. The molecule has 84 valence electrons. The van der Waals surface area contributed by atoms with Gasteiger partial charge in [-0.15, -0.1) is 11.3 Å². The van der Waals surface area contributed by atoms with Crippen LogP contribution >= 0.6 is 27.3 Å². The first-order chi connectivity index (χ1) is 7.75. The first-order valence-electron chi connectivity index (χ1n) is 5.59. The molecule has 0 spiro atoms. The van der Waals surface area contributed by atoms with E-state index in [2.05, 4.69) is 33.4 Å². The Bertz CT molecular complexity index is 516. The highest BCUT2D eigenvalue weighted by Crippen LogP contribution is 2.41. The van der Waals surface area contributed by atoms with E-state index in [0.717, 1.165) is 22.4 Å². The molecule has 1 aromatic heterocycles. The number of aliphatic hydroxyl groups is 1. The molecule has 1 aromatic carbocycles. The topological polar surface area (TPSA) is 20.2 Å². The Labute approximate surface area is 107 Å². The highest BCUT2D eigenvalue weighted by atomic mass is 79.9. The number of rotatable bonds is 3. The third-order valence-corrected chi connectivity index (χ3v) is 5.16. The fourth-order valence-corrected chi connectivity index (χ4v) is 3.77. The Morgan fingerprint density at radius 3 is 3.00 bits per heavy atom. The summed E-state index contributed by atoms with van der Waals surface area (Å²) in [7, 11) is 0. The number of hydrogen-bond acceptors (Lipinski definition) is 2. The van der Waals surface area contributed by atoms with Crippen LogP contribution in [0.3, 0.4) is 0 Å². The van der Waals surface area contributed by atoms with Gasteiger partial charge in [0.15, 0.2) is 0 Å². The smallest absolute Gasteiger partial charge is 0.0806 e. The lowest BCUT2D eigenvalue weighted by atomic mass is 10.0. The summed E-state index contributed by atoms with van der Waals surface area (Å²) in [5.41, 5.74) is 1.10. The maximum absolute atomic E-state index is 10.2. The summed E-state index contributed by atoms with van der Waals surface area (Å²) in [6, 6.07) is 6.18. The largest absolute Gasteiger partial charge is 0.388 e. The second-order valence-corrected chi connectivity index (χ2v) is 6.24. The highest BCUT2D eigenvalue weighted by Gasteiger charge is 2.26. The van der Waals surface area contributed by atoms with Crippen LogP contribution in [0, 0.1) is 5.92 Å². The quantitative estimate of drug-likeness (QED) is 0.884. The van der Waals surface area contributed by atoms with Crippen LogP contribution in [0.5, 0.6) is 0 Å². The van der Waals surface area contributed by atoms with Crippen LogP contribution in [0.1, 0.15) is 30.9 Å². The van der Waals surface area contributed by atoms with Gasteiger partial charge in [0.05, 0.1) is 6.10 Å². The van der Waals surface area contributed by atoms with Gasteiger partial charge in [0.1, 0.15) is 0 Å². The Kier molecular flexibility index (Phi) is 2.78. The van der Waals surface area contributed by atoms with E-state index in [1.807, 2.05) is 6.07 Å². The molecule has 1 aliphatic carbocycles. The lowest BCUT2D eigenvalue weighted by Gasteiger charge is -2.08. The molecule has 0 aliphatic heterocycles. The minimum absolute atomic E-state index is 0.282. The van der Waals surface area contributed by atoms with E-state index >= 15 is 0 Å². The van der Waals surface area contributed by atoms with E-state index in [-0.39, 0.29) is 6.10 Å². The Balaban J connectivity index is 1.99. The standard InChI is InChI=1S/C13H13BrOS/c14-11-3-1-2-9-10(7-16-13(9)11)12(15)6-8-4-5-8/h1-3,7-8,12,15H,4-6H2. The summed E-state index contributed by atoms with van der Waals surface area (Å²) < 4.78 is 2.37. The maximum atomic E-state index is 10.2. The van der Waals surface area contributed by atoms with Gasteiger partial charge in [0.25, 0.3) is 0 Å². The molecule has 3 rings (SSSR count). The monoisotopic (exact) mass is 296 g/mol.